The molecule has 0 saturated carbocycles. The van der Waals surface area contributed by atoms with Gasteiger partial charge in [0.15, 0.2) is 5.78 Å². The molecule has 1 N–H and O–H groups in total. The number of carbonyl (C=O) groups excluding carboxylic acids is 1. The Morgan fingerprint density at radius 3 is 2.17 bits per heavy atom. The first-order valence-corrected chi connectivity index (χ1v) is 8.01. The van der Waals surface area contributed by atoms with E-state index in [-0.39, 0.29) is 17.7 Å². The van der Waals surface area contributed by atoms with Crippen LogP contribution in [0.1, 0.15) is 41.3 Å². The van der Waals surface area contributed by atoms with Gasteiger partial charge in [0.25, 0.3) is 0 Å². The second-order valence-electron chi connectivity index (χ2n) is 6.32. The first-order chi connectivity index (χ1) is 10.8. The first-order valence-electron chi connectivity index (χ1n) is 8.01. The summed E-state index contributed by atoms with van der Waals surface area (Å²) in [4.78, 5) is 26.0. The minimum atomic E-state index is -0.731. The number of ether oxygens (including phenoxy) is 1. The topological polar surface area (TPSA) is 66.8 Å². The standard InChI is InChI=1S/C18H25NO4/c1-11-9-15(23-4)10-12(2)16(11)17(20)13(3)19-7-5-14(6-8-19)18(21)22/h9-10,13-14H,5-8H2,1-4H3,(H,21,22). The number of aliphatic carboxylic acids is 1. The molecule has 1 fully saturated rings. The number of carboxylic acid groups (broad SMARTS) is 1. The summed E-state index contributed by atoms with van der Waals surface area (Å²) in [5, 5.41) is 9.08. The zero-order valence-corrected chi connectivity index (χ0v) is 14.3. The van der Waals surface area contributed by atoms with Gasteiger partial charge in [-0.2, -0.15) is 0 Å². The second-order valence-corrected chi connectivity index (χ2v) is 6.32. The van der Waals surface area contributed by atoms with Crippen LogP contribution in [0.15, 0.2) is 12.1 Å². The Morgan fingerprint density at radius 2 is 1.74 bits per heavy atom. The van der Waals surface area contributed by atoms with E-state index in [0.29, 0.717) is 25.9 Å². The Bertz CT molecular complexity index is 580. The Balaban J connectivity index is 2.13. The Hall–Kier alpha value is -1.88. The largest absolute Gasteiger partial charge is 0.497 e. The molecule has 0 amide bonds. The number of Topliss-reactive ketones (excluding diaryl/α,β-unsaturated/α-hetero) is 1. The number of benzene rings is 1. The van der Waals surface area contributed by atoms with Crippen molar-refractivity contribution in [2.24, 2.45) is 5.92 Å². The molecule has 1 aliphatic rings. The fourth-order valence-corrected chi connectivity index (χ4v) is 3.34. The number of likely N-dealkylation sites (tertiary alicyclic amines) is 1. The van der Waals surface area contributed by atoms with E-state index in [9.17, 15) is 9.59 Å². The highest BCUT2D eigenvalue weighted by Gasteiger charge is 2.30. The molecule has 1 atom stereocenters. The molecule has 1 unspecified atom stereocenters. The van der Waals surface area contributed by atoms with Crippen LogP contribution in [0.3, 0.4) is 0 Å². The van der Waals surface area contributed by atoms with E-state index in [0.717, 1.165) is 22.4 Å². The fourth-order valence-electron chi connectivity index (χ4n) is 3.34. The second kappa shape index (κ2) is 7.13. The molecule has 0 spiro atoms. The number of nitrogens with zero attached hydrogens (tertiary/aromatic N) is 1. The summed E-state index contributed by atoms with van der Waals surface area (Å²) < 4.78 is 5.24. The highest BCUT2D eigenvalue weighted by atomic mass is 16.5. The average molecular weight is 319 g/mol. The number of ketones is 1. The van der Waals surface area contributed by atoms with Gasteiger partial charge in [0.2, 0.25) is 0 Å². The normalized spacial score (nSPS) is 17.7. The average Bonchev–Trinajstić information content (AvgIpc) is 2.53. The maximum absolute atomic E-state index is 12.9. The van der Waals surface area contributed by atoms with Gasteiger partial charge in [-0.05, 0) is 70.0 Å². The Labute approximate surface area is 137 Å². The lowest BCUT2D eigenvalue weighted by molar-refractivity contribution is -0.143. The van der Waals surface area contributed by atoms with Crippen LogP contribution in [0.5, 0.6) is 5.75 Å². The van der Waals surface area contributed by atoms with Gasteiger partial charge in [-0.1, -0.05) is 0 Å². The maximum atomic E-state index is 12.9. The molecule has 1 aliphatic heterocycles. The van der Waals surface area contributed by atoms with Crippen molar-refractivity contribution in [2.75, 3.05) is 20.2 Å². The number of hydrogen-bond donors (Lipinski definition) is 1. The van der Waals surface area contributed by atoms with Gasteiger partial charge in [0.1, 0.15) is 5.75 Å². The molecule has 2 rings (SSSR count). The summed E-state index contributed by atoms with van der Waals surface area (Å²) in [6.07, 6.45) is 1.21. The van der Waals surface area contributed by atoms with Crippen molar-refractivity contribution >= 4 is 11.8 Å². The lowest BCUT2D eigenvalue weighted by Crippen LogP contribution is -2.45. The zero-order chi connectivity index (χ0) is 17.1. The predicted molar refractivity (Wildman–Crippen MR) is 88.2 cm³/mol. The number of aryl methyl sites for hydroxylation is 2. The zero-order valence-electron chi connectivity index (χ0n) is 14.3. The van der Waals surface area contributed by atoms with Crippen LogP contribution in [-0.2, 0) is 4.79 Å². The summed E-state index contributed by atoms with van der Waals surface area (Å²) in [5.41, 5.74) is 2.58. The van der Waals surface area contributed by atoms with Crippen LogP contribution in [0.2, 0.25) is 0 Å². The number of carboxylic acids is 1. The van der Waals surface area contributed by atoms with Crippen molar-refractivity contribution in [3.05, 3.63) is 28.8 Å². The summed E-state index contributed by atoms with van der Waals surface area (Å²) >= 11 is 0. The van der Waals surface area contributed by atoms with E-state index in [4.69, 9.17) is 9.84 Å². The van der Waals surface area contributed by atoms with Crippen molar-refractivity contribution in [1.29, 1.82) is 0 Å². The number of hydrogen-bond acceptors (Lipinski definition) is 4. The molecule has 126 valence electrons. The van der Waals surface area contributed by atoms with Gasteiger partial charge < -0.3 is 9.84 Å². The van der Waals surface area contributed by atoms with Gasteiger partial charge in [0, 0.05) is 5.56 Å². The number of methoxy groups -OCH3 is 1. The highest BCUT2D eigenvalue weighted by Crippen LogP contribution is 2.26. The quantitative estimate of drug-likeness (QED) is 0.845. The summed E-state index contributed by atoms with van der Waals surface area (Å²) in [6.45, 7) is 7.06. The Kier molecular flexibility index (Phi) is 5.42. The van der Waals surface area contributed by atoms with Crippen LogP contribution >= 0.6 is 0 Å². The molecule has 1 aromatic carbocycles. The SMILES string of the molecule is COc1cc(C)c(C(=O)C(C)N2CCC(C(=O)O)CC2)c(C)c1. The number of carbonyl (C=O) groups is 2. The van der Waals surface area contributed by atoms with Crippen LogP contribution in [0.25, 0.3) is 0 Å². The van der Waals surface area contributed by atoms with E-state index in [1.54, 1.807) is 7.11 Å². The van der Waals surface area contributed by atoms with Crippen LogP contribution in [0.4, 0.5) is 0 Å². The van der Waals surface area contributed by atoms with E-state index < -0.39 is 5.97 Å². The molecule has 0 radical (unpaired) electrons. The van der Waals surface area contributed by atoms with Crippen LogP contribution in [0, 0.1) is 19.8 Å². The fraction of sp³-hybridized carbons (Fsp3) is 0.556. The van der Waals surface area contributed by atoms with Crippen molar-refractivity contribution in [3.63, 3.8) is 0 Å². The van der Waals surface area contributed by atoms with Gasteiger partial charge in [0.05, 0.1) is 19.1 Å². The Morgan fingerprint density at radius 1 is 1.22 bits per heavy atom. The van der Waals surface area contributed by atoms with E-state index in [1.807, 2.05) is 32.9 Å². The van der Waals surface area contributed by atoms with Crippen LogP contribution < -0.4 is 4.74 Å². The van der Waals surface area contributed by atoms with Gasteiger partial charge in [-0.15, -0.1) is 0 Å². The molecular formula is C18H25NO4. The highest BCUT2D eigenvalue weighted by molar-refractivity contribution is 6.02. The third kappa shape index (κ3) is 3.72. The van der Waals surface area contributed by atoms with Crippen molar-refractivity contribution in [3.8, 4) is 5.75 Å². The van der Waals surface area contributed by atoms with Crippen molar-refractivity contribution in [2.45, 2.75) is 39.7 Å². The van der Waals surface area contributed by atoms with Crippen molar-refractivity contribution < 1.29 is 19.4 Å². The molecule has 1 heterocycles. The van der Waals surface area contributed by atoms with E-state index in [2.05, 4.69) is 4.90 Å². The minimum absolute atomic E-state index is 0.0939. The van der Waals surface area contributed by atoms with Gasteiger partial charge >= 0.3 is 5.97 Å². The molecule has 5 nitrogen and oxygen atoms in total. The van der Waals surface area contributed by atoms with Gasteiger partial charge in [-0.3, -0.25) is 14.5 Å². The molecule has 1 aromatic rings. The summed E-state index contributed by atoms with van der Waals surface area (Å²) in [5.74, 6) is -0.161. The van der Waals surface area contributed by atoms with E-state index >= 15 is 0 Å². The third-order valence-electron chi connectivity index (χ3n) is 4.79. The molecule has 5 heteroatoms. The molecule has 0 aromatic heterocycles. The minimum Gasteiger partial charge on any atom is -0.497 e. The monoisotopic (exact) mass is 319 g/mol. The predicted octanol–water partition coefficient (Wildman–Crippen LogP) is 2.68. The number of piperidine rings is 1. The molecule has 23 heavy (non-hydrogen) atoms. The van der Waals surface area contributed by atoms with Gasteiger partial charge in [-0.25, -0.2) is 0 Å². The summed E-state index contributed by atoms with van der Waals surface area (Å²) in [7, 11) is 1.62. The van der Waals surface area contributed by atoms with E-state index in [1.165, 1.54) is 0 Å². The first kappa shape index (κ1) is 17.5. The summed E-state index contributed by atoms with van der Waals surface area (Å²) in [6, 6.07) is 3.52. The van der Waals surface area contributed by atoms with Crippen molar-refractivity contribution in [1.82, 2.24) is 4.90 Å². The third-order valence-corrected chi connectivity index (χ3v) is 4.79. The van der Waals surface area contributed by atoms with Crippen LogP contribution in [-0.4, -0.2) is 48.0 Å². The molecule has 0 aliphatic carbocycles. The lowest BCUT2D eigenvalue weighted by Gasteiger charge is -2.34. The maximum Gasteiger partial charge on any atom is 0.306 e. The smallest absolute Gasteiger partial charge is 0.306 e. The number of rotatable bonds is 5. The molecule has 0 bridgehead atoms. The molecule has 1 saturated heterocycles. The molecular weight excluding hydrogens is 294 g/mol. The lowest BCUT2D eigenvalue weighted by atomic mass is 9.92.